The number of rotatable bonds is 3. The number of aromatic nitrogens is 2. The first kappa shape index (κ1) is 11.4. The maximum Gasteiger partial charge on any atom is 0.274 e. The van der Waals surface area contributed by atoms with Crippen molar-refractivity contribution in [2.45, 2.75) is 25.4 Å². The van der Waals surface area contributed by atoms with Crippen molar-refractivity contribution in [3.05, 3.63) is 26.9 Å². The lowest BCUT2D eigenvalue weighted by molar-refractivity contribution is -0.121. The molecule has 1 fully saturated rings. The third-order valence-electron chi connectivity index (χ3n) is 2.20. The summed E-state index contributed by atoms with van der Waals surface area (Å²) in [7, 11) is 0. The van der Waals surface area contributed by atoms with E-state index in [0.29, 0.717) is 0 Å². The lowest BCUT2D eigenvalue weighted by atomic mass is 10.5. The Morgan fingerprint density at radius 3 is 2.88 bits per heavy atom. The van der Waals surface area contributed by atoms with Gasteiger partial charge < -0.3 is 5.32 Å². The Labute approximate surface area is 101 Å². The van der Waals surface area contributed by atoms with Gasteiger partial charge in [-0.15, -0.1) is 0 Å². The van der Waals surface area contributed by atoms with Gasteiger partial charge in [-0.25, -0.2) is 4.98 Å². The number of nitrogens with zero attached hydrogens (tertiary/aromatic N) is 2. The van der Waals surface area contributed by atoms with Crippen LogP contribution in [0.4, 0.5) is 0 Å². The molecule has 0 saturated heterocycles. The van der Waals surface area contributed by atoms with Gasteiger partial charge in [0.15, 0.2) is 5.15 Å². The van der Waals surface area contributed by atoms with Crippen molar-refractivity contribution in [1.29, 1.82) is 0 Å². The van der Waals surface area contributed by atoms with E-state index in [2.05, 4.69) is 10.3 Å². The van der Waals surface area contributed by atoms with E-state index in [1.165, 1.54) is 6.33 Å². The number of hydrogen-bond acceptors (Lipinski definition) is 3. The van der Waals surface area contributed by atoms with Crippen LogP contribution in [-0.2, 0) is 11.3 Å². The summed E-state index contributed by atoms with van der Waals surface area (Å²) in [4.78, 5) is 26.7. The van der Waals surface area contributed by atoms with E-state index < -0.39 is 5.56 Å². The van der Waals surface area contributed by atoms with Gasteiger partial charge in [0.05, 0.1) is 6.33 Å². The molecular weight excluding hydrogens is 253 g/mol. The first-order valence-corrected chi connectivity index (χ1v) is 5.53. The Morgan fingerprint density at radius 2 is 2.25 bits per heavy atom. The van der Waals surface area contributed by atoms with Crippen LogP contribution < -0.4 is 10.9 Å². The van der Waals surface area contributed by atoms with E-state index in [4.69, 9.17) is 23.2 Å². The second-order valence-corrected chi connectivity index (χ2v) is 4.36. The van der Waals surface area contributed by atoms with E-state index in [1.807, 2.05) is 0 Å². The second kappa shape index (κ2) is 4.43. The zero-order chi connectivity index (χ0) is 11.7. The highest BCUT2D eigenvalue weighted by molar-refractivity contribution is 6.40. The van der Waals surface area contributed by atoms with Crippen LogP contribution in [0.1, 0.15) is 12.8 Å². The zero-order valence-corrected chi connectivity index (χ0v) is 9.75. The Bertz CT molecular complexity index is 482. The van der Waals surface area contributed by atoms with Gasteiger partial charge >= 0.3 is 0 Å². The van der Waals surface area contributed by atoms with E-state index in [-0.39, 0.29) is 28.7 Å². The minimum atomic E-state index is -0.507. The third-order valence-corrected chi connectivity index (χ3v) is 2.92. The zero-order valence-electron chi connectivity index (χ0n) is 8.24. The summed E-state index contributed by atoms with van der Waals surface area (Å²) in [6.07, 6.45) is 3.21. The molecule has 0 bridgehead atoms. The maximum atomic E-state index is 11.6. The maximum absolute atomic E-state index is 11.6. The van der Waals surface area contributed by atoms with E-state index >= 15 is 0 Å². The Kier molecular flexibility index (Phi) is 3.16. The van der Waals surface area contributed by atoms with Crippen molar-refractivity contribution in [2.75, 3.05) is 0 Å². The van der Waals surface area contributed by atoms with Gasteiger partial charge in [-0.05, 0) is 12.8 Å². The van der Waals surface area contributed by atoms with Crippen molar-refractivity contribution in [3.63, 3.8) is 0 Å². The summed E-state index contributed by atoms with van der Waals surface area (Å²) < 4.78 is 1.13. The molecule has 1 aromatic heterocycles. The number of nitrogens with one attached hydrogen (secondary N) is 1. The Balaban J connectivity index is 2.11. The molecule has 1 N–H and O–H groups in total. The molecular formula is C9H9Cl2N3O2. The Hall–Kier alpha value is -1.07. The highest BCUT2D eigenvalue weighted by Crippen LogP contribution is 2.18. The Morgan fingerprint density at radius 1 is 1.56 bits per heavy atom. The summed E-state index contributed by atoms with van der Waals surface area (Å²) in [5.41, 5.74) is -0.507. The first-order chi connectivity index (χ1) is 7.58. The van der Waals surface area contributed by atoms with Crippen LogP contribution in [0.3, 0.4) is 0 Å². The lowest BCUT2D eigenvalue weighted by Gasteiger charge is -2.06. The third kappa shape index (κ3) is 2.54. The molecule has 1 saturated carbocycles. The van der Waals surface area contributed by atoms with E-state index in [9.17, 15) is 9.59 Å². The van der Waals surface area contributed by atoms with Crippen LogP contribution >= 0.6 is 23.2 Å². The van der Waals surface area contributed by atoms with Crippen molar-refractivity contribution < 1.29 is 4.79 Å². The summed E-state index contributed by atoms with van der Waals surface area (Å²) in [6.45, 7) is -0.0841. The topological polar surface area (TPSA) is 64.0 Å². The molecule has 5 nitrogen and oxygen atoms in total. The summed E-state index contributed by atoms with van der Waals surface area (Å²) in [6, 6.07) is 0.263. The van der Waals surface area contributed by atoms with Crippen LogP contribution in [0.5, 0.6) is 0 Å². The van der Waals surface area contributed by atoms with Crippen molar-refractivity contribution in [3.8, 4) is 0 Å². The fraction of sp³-hybridized carbons (Fsp3) is 0.444. The highest BCUT2D eigenvalue weighted by Gasteiger charge is 2.23. The molecule has 16 heavy (non-hydrogen) atoms. The van der Waals surface area contributed by atoms with Crippen LogP contribution in [0, 0.1) is 0 Å². The predicted molar refractivity (Wildman–Crippen MR) is 59.7 cm³/mol. The molecule has 0 unspecified atom stereocenters. The van der Waals surface area contributed by atoms with Crippen molar-refractivity contribution in [2.24, 2.45) is 0 Å². The normalized spacial score (nSPS) is 14.9. The molecule has 7 heteroatoms. The van der Waals surface area contributed by atoms with Gasteiger partial charge in [-0.1, -0.05) is 23.2 Å². The van der Waals surface area contributed by atoms with Gasteiger partial charge in [0.25, 0.3) is 5.56 Å². The van der Waals surface area contributed by atoms with Gasteiger partial charge in [0.2, 0.25) is 5.91 Å². The molecule has 86 valence electrons. The number of hydrogen-bond donors (Lipinski definition) is 1. The number of carbonyl (C=O) groups excluding carboxylic acids is 1. The van der Waals surface area contributed by atoms with Crippen LogP contribution in [0.15, 0.2) is 11.1 Å². The monoisotopic (exact) mass is 261 g/mol. The fourth-order valence-corrected chi connectivity index (χ4v) is 1.49. The van der Waals surface area contributed by atoms with Crippen LogP contribution in [0.2, 0.25) is 10.2 Å². The SMILES string of the molecule is O=C(Cn1cnc(Cl)c(Cl)c1=O)NC1CC1. The van der Waals surface area contributed by atoms with E-state index in [1.54, 1.807) is 0 Å². The van der Waals surface area contributed by atoms with Gasteiger partial charge in [-0.3, -0.25) is 14.2 Å². The molecule has 1 aliphatic rings. The molecule has 0 radical (unpaired) electrons. The van der Waals surface area contributed by atoms with Gasteiger partial charge in [-0.2, -0.15) is 0 Å². The van der Waals surface area contributed by atoms with E-state index in [0.717, 1.165) is 17.4 Å². The number of amides is 1. The molecule has 1 aromatic rings. The van der Waals surface area contributed by atoms with Crippen LogP contribution in [-0.4, -0.2) is 21.5 Å². The van der Waals surface area contributed by atoms with Gasteiger partial charge in [0.1, 0.15) is 11.6 Å². The molecule has 0 spiro atoms. The summed E-state index contributed by atoms with van der Waals surface area (Å²) in [5.74, 6) is -0.218. The fourth-order valence-electron chi connectivity index (χ4n) is 1.21. The molecule has 1 amide bonds. The first-order valence-electron chi connectivity index (χ1n) is 4.77. The smallest absolute Gasteiger partial charge is 0.274 e. The number of carbonyl (C=O) groups is 1. The molecule has 0 aliphatic heterocycles. The average molecular weight is 262 g/mol. The molecule has 2 rings (SSSR count). The number of halogens is 2. The van der Waals surface area contributed by atoms with Crippen molar-refractivity contribution in [1.82, 2.24) is 14.9 Å². The highest BCUT2D eigenvalue weighted by atomic mass is 35.5. The predicted octanol–water partition coefficient (Wildman–Crippen LogP) is 0.829. The molecule has 0 aromatic carbocycles. The van der Waals surface area contributed by atoms with Crippen molar-refractivity contribution >= 4 is 29.1 Å². The second-order valence-electron chi connectivity index (χ2n) is 3.62. The summed E-state index contributed by atoms with van der Waals surface area (Å²) in [5, 5.41) is 2.55. The lowest BCUT2D eigenvalue weighted by Crippen LogP contribution is -2.33. The minimum Gasteiger partial charge on any atom is -0.352 e. The summed E-state index contributed by atoms with van der Waals surface area (Å²) >= 11 is 11.2. The molecule has 1 aliphatic carbocycles. The standard InChI is InChI=1S/C9H9Cl2N3O2/c10-7-8(11)12-4-14(9(7)16)3-6(15)13-5-1-2-5/h4-5H,1-3H2,(H,13,15). The minimum absolute atomic E-state index is 0.0504. The quantitative estimate of drug-likeness (QED) is 0.820. The van der Waals surface area contributed by atoms with Gasteiger partial charge in [0, 0.05) is 6.04 Å². The molecule has 0 atom stereocenters. The average Bonchev–Trinajstić information content (AvgIpc) is 3.03. The van der Waals surface area contributed by atoms with Crippen LogP contribution in [0.25, 0.3) is 0 Å². The largest absolute Gasteiger partial charge is 0.352 e. The molecule has 1 heterocycles.